The summed E-state index contributed by atoms with van der Waals surface area (Å²) < 4.78 is 53.1. The summed E-state index contributed by atoms with van der Waals surface area (Å²) in [5, 5.41) is 0.513. The fourth-order valence-electron chi connectivity index (χ4n) is 2.65. The molecule has 1 unspecified atom stereocenters. The smallest absolute Gasteiger partial charge is 0.246 e. The molecule has 0 radical (unpaired) electrons. The van der Waals surface area contributed by atoms with E-state index in [2.05, 4.69) is 4.98 Å². The topological polar surface area (TPSA) is 70.1 Å². The third-order valence-corrected chi connectivity index (χ3v) is 9.60. The zero-order chi connectivity index (χ0) is 19.9. The van der Waals surface area contributed by atoms with E-state index >= 15 is 0 Å². The Hall–Kier alpha value is -1.45. The van der Waals surface area contributed by atoms with Crippen molar-refractivity contribution in [1.82, 2.24) is 4.98 Å². The van der Waals surface area contributed by atoms with Gasteiger partial charge in [-0.1, -0.05) is 35.1 Å². The molecule has 28 heavy (non-hydrogen) atoms. The molecule has 0 aliphatic heterocycles. The summed E-state index contributed by atoms with van der Waals surface area (Å²) in [4.78, 5) is 4.30. The Morgan fingerprint density at radius 1 is 1.21 bits per heavy atom. The number of thiazole rings is 1. The number of aromatic nitrogens is 1. The minimum atomic E-state index is -3.99. The first-order chi connectivity index (χ1) is 13.3. The molecule has 4 nitrogen and oxygen atoms in total. The molecular weight excluding hydrogens is 441 g/mol. The van der Waals surface area contributed by atoms with Crippen molar-refractivity contribution in [2.45, 2.75) is 27.0 Å². The highest BCUT2D eigenvalue weighted by atomic mass is 35.5. The molecule has 0 saturated heterocycles. The second-order valence-corrected chi connectivity index (χ2v) is 11.5. The molecule has 2 aromatic carbocycles. The van der Waals surface area contributed by atoms with Gasteiger partial charge in [-0.05, 0) is 60.4 Å². The third kappa shape index (κ3) is 4.11. The number of hydrogen-bond acceptors (Lipinski definition) is 5. The van der Waals surface area contributed by atoms with Gasteiger partial charge in [0.25, 0.3) is 0 Å². The average Bonchev–Trinajstić information content (AvgIpc) is 3.35. The fraction of sp³-hybridized carbons (Fsp3) is 0.211. The Balaban J connectivity index is 1.82. The van der Waals surface area contributed by atoms with Crippen LogP contribution < -0.4 is 0 Å². The fourth-order valence-corrected chi connectivity index (χ4v) is 7.70. The number of benzene rings is 2. The molecule has 9 heteroatoms. The first kappa shape index (κ1) is 19.8. The summed E-state index contributed by atoms with van der Waals surface area (Å²) in [5.74, 6) is 0.315. The van der Waals surface area contributed by atoms with E-state index in [1.807, 2.05) is 0 Å². The minimum Gasteiger partial charge on any atom is -0.611 e. The van der Waals surface area contributed by atoms with Gasteiger partial charge in [-0.2, -0.15) is 0 Å². The monoisotopic (exact) mass is 455 g/mol. The molecule has 0 bridgehead atoms. The van der Waals surface area contributed by atoms with Gasteiger partial charge >= 0.3 is 0 Å². The third-order valence-electron chi connectivity index (χ3n) is 4.31. The number of nitrogens with zero attached hydrogens (tertiary/aromatic N) is 1. The maximum Gasteiger partial charge on any atom is 0.246 e. The van der Waals surface area contributed by atoms with Crippen molar-refractivity contribution in [2.75, 3.05) is 5.75 Å². The van der Waals surface area contributed by atoms with Gasteiger partial charge in [0.2, 0.25) is 19.1 Å². The van der Waals surface area contributed by atoms with Crippen LogP contribution in [0, 0.1) is 11.7 Å². The van der Waals surface area contributed by atoms with Crippen molar-refractivity contribution in [3.63, 3.8) is 0 Å². The SMILES string of the molecule is O=S(=O)(c1ccc(Cl)cc1)c1nc(-c2cccc(F)c2)sc1[S+]([O-])CC1CC1. The number of hydrogen-bond donors (Lipinski definition) is 0. The second-order valence-electron chi connectivity index (χ2n) is 6.53. The highest BCUT2D eigenvalue weighted by molar-refractivity contribution is 7.96. The van der Waals surface area contributed by atoms with Gasteiger partial charge in [0.1, 0.15) is 16.6 Å². The van der Waals surface area contributed by atoms with Gasteiger partial charge in [-0.3, -0.25) is 0 Å². The van der Waals surface area contributed by atoms with E-state index in [0.717, 1.165) is 24.2 Å². The molecule has 1 atom stereocenters. The summed E-state index contributed by atoms with van der Waals surface area (Å²) in [6.07, 6.45) is 2.00. The predicted octanol–water partition coefficient (Wildman–Crippen LogP) is 4.95. The van der Waals surface area contributed by atoms with E-state index in [1.54, 1.807) is 6.07 Å². The number of halogens is 2. The molecule has 1 aliphatic rings. The molecular formula is C19H15ClFNO3S3. The van der Waals surface area contributed by atoms with Gasteiger partial charge in [0.15, 0.2) is 0 Å². The van der Waals surface area contributed by atoms with Crippen molar-refractivity contribution < 1.29 is 17.4 Å². The minimum absolute atomic E-state index is 0.0256. The van der Waals surface area contributed by atoms with Crippen molar-refractivity contribution in [3.8, 4) is 10.6 Å². The number of rotatable bonds is 6. The first-order valence-corrected chi connectivity index (χ1v) is 12.5. The molecule has 146 valence electrons. The lowest BCUT2D eigenvalue weighted by atomic mass is 10.2. The Bertz CT molecular complexity index is 1110. The van der Waals surface area contributed by atoms with E-state index in [9.17, 15) is 17.4 Å². The normalized spacial score (nSPS) is 15.5. The van der Waals surface area contributed by atoms with E-state index in [1.165, 1.54) is 42.5 Å². The van der Waals surface area contributed by atoms with Crippen LogP contribution in [-0.2, 0) is 21.0 Å². The summed E-state index contributed by atoms with van der Waals surface area (Å²) in [6.45, 7) is 0. The molecule has 0 spiro atoms. The van der Waals surface area contributed by atoms with E-state index in [4.69, 9.17) is 11.6 Å². The highest BCUT2D eigenvalue weighted by Crippen LogP contribution is 2.40. The van der Waals surface area contributed by atoms with Crippen LogP contribution >= 0.6 is 22.9 Å². The predicted molar refractivity (Wildman–Crippen MR) is 108 cm³/mol. The van der Waals surface area contributed by atoms with Crippen molar-refractivity contribution in [2.24, 2.45) is 5.92 Å². The van der Waals surface area contributed by atoms with E-state index < -0.39 is 26.8 Å². The lowest BCUT2D eigenvalue weighted by Gasteiger charge is -2.09. The number of sulfone groups is 1. The molecule has 4 rings (SSSR count). The summed E-state index contributed by atoms with van der Waals surface area (Å²) >= 11 is 5.41. The first-order valence-electron chi connectivity index (χ1n) is 8.50. The zero-order valence-corrected chi connectivity index (χ0v) is 17.7. The van der Waals surface area contributed by atoms with Crippen molar-refractivity contribution >= 4 is 44.0 Å². The summed E-state index contributed by atoms with van der Waals surface area (Å²) in [5.41, 5.74) is 0.451. The standard InChI is InChI=1S/C19H15ClFNO3S3/c20-14-6-8-16(9-7-14)28(24,25)18-19(27(23)11-12-4-5-12)26-17(22-18)13-2-1-3-15(21)10-13/h1-3,6-10,12H,4-5,11H2. The molecule has 0 amide bonds. The summed E-state index contributed by atoms with van der Waals surface area (Å²) in [6, 6.07) is 11.5. The van der Waals surface area contributed by atoms with Crippen LogP contribution in [0.3, 0.4) is 0 Å². The molecule has 1 aromatic heterocycles. The Morgan fingerprint density at radius 3 is 2.57 bits per heavy atom. The van der Waals surface area contributed by atoms with Crippen LogP contribution in [0.4, 0.5) is 4.39 Å². The van der Waals surface area contributed by atoms with E-state index in [-0.39, 0.29) is 14.1 Å². The molecule has 3 aromatic rings. The van der Waals surface area contributed by atoms with Crippen LogP contribution in [0.5, 0.6) is 0 Å². The zero-order valence-electron chi connectivity index (χ0n) is 14.5. The van der Waals surface area contributed by atoms with E-state index in [0.29, 0.717) is 27.3 Å². The van der Waals surface area contributed by atoms with Gasteiger partial charge in [-0.25, -0.2) is 17.8 Å². The van der Waals surface area contributed by atoms with Gasteiger partial charge < -0.3 is 4.55 Å². The van der Waals surface area contributed by atoms with Gasteiger partial charge in [-0.15, -0.1) is 0 Å². The average molecular weight is 456 g/mol. The Morgan fingerprint density at radius 2 is 1.93 bits per heavy atom. The maximum atomic E-state index is 13.6. The van der Waals surface area contributed by atoms with Crippen LogP contribution in [0.1, 0.15) is 12.8 Å². The van der Waals surface area contributed by atoms with Crippen molar-refractivity contribution in [1.29, 1.82) is 0 Å². The highest BCUT2D eigenvalue weighted by Gasteiger charge is 2.36. The van der Waals surface area contributed by atoms with Crippen LogP contribution in [0.2, 0.25) is 5.02 Å². The largest absolute Gasteiger partial charge is 0.611 e. The molecule has 1 fully saturated rings. The molecule has 1 saturated carbocycles. The lowest BCUT2D eigenvalue weighted by molar-refractivity contribution is 0.580. The van der Waals surface area contributed by atoms with Crippen LogP contribution in [0.25, 0.3) is 10.6 Å². The van der Waals surface area contributed by atoms with Crippen molar-refractivity contribution in [3.05, 3.63) is 59.4 Å². The van der Waals surface area contributed by atoms with Crippen LogP contribution in [-0.4, -0.2) is 23.7 Å². The molecule has 0 N–H and O–H groups in total. The van der Waals surface area contributed by atoms with Gasteiger partial charge in [0.05, 0.1) is 4.90 Å². The second kappa shape index (κ2) is 7.76. The Kier molecular flexibility index (Phi) is 5.50. The maximum absolute atomic E-state index is 13.6. The van der Waals surface area contributed by atoms with Gasteiger partial charge in [0, 0.05) is 16.5 Å². The lowest BCUT2D eigenvalue weighted by Crippen LogP contribution is -2.12. The summed E-state index contributed by atoms with van der Waals surface area (Å²) in [7, 11) is -3.99. The van der Waals surface area contributed by atoms with Crippen LogP contribution in [0.15, 0.2) is 62.7 Å². The molecule has 1 heterocycles. The molecule has 1 aliphatic carbocycles. The quantitative estimate of drug-likeness (QED) is 0.493. The Labute approximate surface area is 174 Å².